The maximum absolute atomic E-state index is 12.7. The van der Waals surface area contributed by atoms with Gasteiger partial charge in [-0.25, -0.2) is 0 Å². The first-order chi connectivity index (χ1) is 28.4. The quantitative estimate of drug-likeness (QED) is 0.0346. The molecule has 0 unspecified atom stereocenters. The van der Waals surface area contributed by atoms with Crippen LogP contribution in [0.5, 0.6) is 0 Å². The van der Waals surface area contributed by atoms with Gasteiger partial charge in [-0.1, -0.05) is 252 Å². The van der Waals surface area contributed by atoms with Crippen LogP contribution in [0.4, 0.5) is 0 Å². The first-order valence-corrected chi connectivity index (χ1v) is 25.9. The van der Waals surface area contributed by atoms with Crippen molar-refractivity contribution in [1.29, 1.82) is 0 Å². The molecule has 0 spiro atoms. The van der Waals surface area contributed by atoms with Gasteiger partial charge in [0, 0.05) is 19.3 Å². The number of unbranched alkanes of at least 4 members (excludes halogenated alkanes) is 34. The molecule has 6 heteroatoms. The Morgan fingerprint density at radius 1 is 0.328 bits per heavy atom. The van der Waals surface area contributed by atoms with E-state index >= 15 is 0 Å². The summed E-state index contributed by atoms with van der Waals surface area (Å²) in [4.78, 5) is 37.8. The normalized spacial score (nSPS) is 11.9. The van der Waals surface area contributed by atoms with Crippen molar-refractivity contribution in [2.24, 2.45) is 5.92 Å². The maximum Gasteiger partial charge on any atom is 0.306 e. The van der Waals surface area contributed by atoms with E-state index in [4.69, 9.17) is 14.2 Å². The molecular formula is C52H100O6. The summed E-state index contributed by atoms with van der Waals surface area (Å²) < 4.78 is 16.8. The van der Waals surface area contributed by atoms with Gasteiger partial charge in [-0.2, -0.15) is 0 Å². The zero-order valence-corrected chi connectivity index (χ0v) is 39.5. The van der Waals surface area contributed by atoms with Gasteiger partial charge in [-0.15, -0.1) is 0 Å². The van der Waals surface area contributed by atoms with Crippen LogP contribution in [0.2, 0.25) is 0 Å². The topological polar surface area (TPSA) is 78.9 Å². The molecular weight excluding hydrogens is 721 g/mol. The van der Waals surface area contributed by atoms with Gasteiger partial charge in [0.25, 0.3) is 0 Å². The molecule has 344 valence electrons. The lowest BCUT2D eigenvalue weighted by Gasteiger charge is -2.18. The second kappa shape index (κ2) is 46.5. The molecule has 0 saturated heterocycles. The monoisotopic (exact) mass is 821 g/mol. The van der Waals surface area contributed by atoms with Gasteiger partial charge < -0.3 is 14.2 Å². The molecule has 1 atom stereocenters. The van der Waals surface area contributed by atoms with Crippen molar-refractivity contribution in [3.05, 3.63) is 0 Å². The summed E-state index contributed by atoms with van der Waals surface area (Å²) in [6.45, 7) is 8.97. The second-order valence-corrected chi connectivity index (χ2v) is 18.3. The summed E-state index contributed by atoms with van der Waals surface area (Å²) in [6.07, 6.45) is 48.2. The van der Waals surface area contributed by atoms with Gasteiger partial charge in [0.15, 0.2) is 6.10 Å². The average Bonchev–Trinajstić information content (AvgIpc) is 3.21. The van der Waals surface area contributed by atoms with E-state index in [9.17, 15) is 14.4 Å². The molecule has 0 aromatic carbocycles. The average molecular weight is 821 g/mol. The van der Waals surface area contributed by atoms with Crippen molar-refractivity contribution in [3.63, 3.8) is 0 Å². The molecule has 0 bridgehead atoms. The third-order valence-corrected chi connectivity index (χ3v) is 11.8. The van der Waals surface area contributed by atoms with E-state index in [0.29, 0.717) is 19.3 Å². The van der Waals surface area contributed by atoms with Gasteiger partial charge in [-0.3, -0.25) is 14.4 Å². The van der Waals surface area contributed by atoms with Crippen LogP contribution in [0.1, 0.15) is 291 Å². The number of esters is 3. The number of ether oxygens (including phenoxy) is 3. The van der Waals surface area contributed by atoms with Crippen LogP contribution in [-0.2, 0) is 28.6 Å². The lowest BCUT2D eigenvalue weighted by atomic mass is 10.0. The predicted octanol–water partition coefficient (Wildman–Crippen LogP) is 16.7. The van der Waals surface area contributed by atoms with Crippen molar-refractivity contribution >= 4 is 17.9 Å². The molecule has 0 aromatic heterocycles. The molecule has 0 aromatic rings. The minimum atomic E-state index is -0.760. The largest absolute Gasteiger partial charge is 0.462 e. The van der Waals surface area contributed by atoms with E-state index in [1.807, 2.05) is 0 Å². The van der Waals surface area contributed by atoms with Crippen LogP contribution in [-0.4, -0.2) is 37.2 Å². The Kier molecular flexibility index (Phi) is 45.2. The fourth-order valence-electron chi connectivity index (χ4n) is 7.86. The summed E-state index contributed by atoms with van der Waals surface area (Å²) in [6, 6.07) is 0. The minimum Gasteiger partial charge on any atom is -0.462 e. The van der Waals surface area contributed by atoms with Crippen LogP contribution in [0.25, 0.3) is 0 Å². The maximum atomic E-state index is 12.7. The van der Waals surface area contributed by atoms with E-state index in [1.54, 1.807) is 0 Å². The van der Waals surface area contributed by atoms with Crippen LogP contribution in [0.15, 0.2) is 0 Å². The minimum absolute atomic E-state index is 0.0634. The van der Waals surface area contributed by atoms with Crippen LogP contribution < -0.4 is 0 Å². The van der Waals surface area contributed by atoms with E-state index in [0.717, 1.165) is 63.7 Å². The molecule has 58 heavy (non-hydrogen) atoms. The Morgan fingerprint density at radius 2 is 0.569 bits per heavy atom. The summed E-state index contributed by atoms with van der Waals surface area (Å²) >= 11 is 0. The highest BCUT2D eigenvalue weighted by atomic mass is 16.6. The van der Waals surface area contributed by atoms with Crippen molar-refractivity contribution in [2.45, 2.75) is 297 Å². The van der Waals surface area contributed by atoms with E-state index < -0.39 is 6.10 Å². The Bertz CT molecular complexity index is 872. The Balaban J connectivity index is 4.21. The molecule has 0 N–H and O–H groups in total. The van der Waals surface area contributed by atoms with Gasteiger partial charge in [0.1, 0.15) is 13.2 Å². The molecule has 0 aliphatic rings. The van der Waals surface area contributed by atoms with Gasteiger partial charge in [0.2, 0.25) is 0 Å². The van der Waals surface area contributed by atoms with E-state index in [-0.39, 0.29) is 31.1 Å². The van der Waals surface area contributed by atoms with Crippen molar-refractivity contribution in [3.8, 4) is 0 Å². The second-order valence-electron chi connectivity index (χ2n) is 18.3. The first kappa shape index (κ1) is 56.4. The standard InChI is InChI=1S/C52H100O6/c1-5-7-9-11-13-15-17-18-19-20-21-22-23-24-26-27-31-35-39-43-50(53)56-46-49(47-57-51(54)44-40-36-33-29-30-34-38-42-48(3)4)58-52(55)45-41-37-32-28-25-16-14-12-10-8-6-2/h48-49H,5-47H2,1-4H3/t49-/m0/s1. The number of carbonyl (C=O) groups is 3. The SMILES string of the molecule is CCCCCCCCCCCCCCCCCCCCCC(=O)OC[C@@H](COC(=O)CCCCCCCCCC(C)C)OC(=O)CCCCCCCCCCCCC. The third-order valence-electron chi connectivity index (χ3n) is 11.8. The Morgan fingerprint density at radius 3 is 0.845 bits per heavy atom. The van der Waals surface area contributed by atoms with Crippen molar-refractivity contribution < 1.29 is 28.6 Å². The molecule has 0 amide bonds. The fraction of sp³-hybridized carbons (Fsp3) is 0.942. The zero-order chi connectivity index (χ0) is 42.4. The summed E-state index contributed by atoms with van der Waals surface area (Å²) in [5.74, 6) is -0.0679. The Hall–Kier alpha value is -1.59. The highest BCUT2D eigenvalue weighted by Crippen LogP contribution is 2.17. The van der Waals surface area contributed by atoms with Crippen LogP contribution in [0.3, 0.4) is 0 Å². The summed E-state index contributed by atoms with van der Waals surface area (Å²) in [5.41, 5.74) is 0. The van der Waals surface area contributed by atoms with Gasteiger partial charge in [-0.05, 0) is 25.2 Å². The number of carbonyl (C=O) groups excluding carboxylic acids is 3. The smallest absolute Gasteiger partial charge is 0.306 e. The van der Waals surface area contributed by atoms with Gasteiger partial charge in [0.05, 0.1) is 0 Å². The van der Waals surface area contributed by atoms with Crippen LogP contribution in [0, 0.1) is 5.92 Å². The Labute approximate surface area is 361 Å². The lowest BCUT2D eigenvalue weighted by molar-refractivity contribution is -0.167. The van der Waals surface area contributed by atoms with E-state index in [1.165, 1.54) is 186 Å². The molecule has 0 saturated carbocycles. The molecule has 0 aliphatic carbocycles. The molecule has 0 fully saturated rings. The van der Waals surface area contributed by atoms with Crippen molar-refractivity contribution in [1.82, 2.24) is 0 Å². The number of rotatable bonds is 47. The highest BCUT2D eigenvalue weighted by molar-refractivity contribution is 5.71. The fourth-order valence-corrected chi connectivity index (χ4v) is 7.86. The molecule has 0 rings (SSSR count). The molecule has 0 heterocycles. The lowest BCUT2D eigenvalue weighted by Crippen LogP contribution is -2.30. The van der Waals surface area contributed by atoms with E-state index in [2.05, 4.69) is 27.7 Å². The predicted molar refractivity (Wildman–Crippen MR) is 247 cm³/mol. The number of hydrogen-bond acceptors (Lipinski definition) is 6. The summed E-state index contributed by atoms with van der Waals surface area (Å²) in [7, 11) is 0. The molecule has 0 radical (unpaired) electrons. The summed E-state index contributed by atoms with van der Waals surface area (Å²) in [5, 5.41) is 0. The van der Waals surface area contributed by atoms with Crippen LogP contribution >= 0.6 is 0 Å². The first-order valence-electron chi connectivity index (χ1n) is 25.9. The van der Waals surface area contributed by atoms with Gasteiger partial charge >= 0.3 is 17.9 Å². The molecule has 0 aliphatic heterocycles. The number of hydrogen-bond donors (Lipinski definition) is 0. The third kappa shape index (κ3) is 45.5. The molecule has 6 nitrogen and oxygen atoms in total. The highest BCUT2D eigenvalue weighted by Gasteiger charge is 2.19. The zero-order valence-electron chi connectivity index (χ0n) is 39.5. The van der Waals surface area contributed by atoms with Crippen molar-refractivity contribution in [2.75, 3.05) is 13.2 Å².